The van der Waals surface area contributed by atoms with Gasteiger partial charge in [-0.2, -0.15) is 0 Å². The van der Waals surface area contributed by atoms with Crippen molar-refractivity contribution in [3.05, 3.63) is 58.4 Å². The number of carbonyl (C=O) groups excluding carboxylic acids is 4. The average molecular weight is 427 g/mol. The minimum atomic E-state index is -1.08. The predicted molar refractivity (Wildman–Crippen MR) is 117 cm³/mol. The van der Waals surface area contributed by atoms with E-state index in [1.54, 1.807) is 44.2 Å². The number of benzene rings is 1. The Hall–Kier alpha value is -3.22. The first-order valence-electron chi connectivity index (χ1n) is 10.4. The number of hydrogen-bond acceptors (Lipinski definition) is 5. The Balaban J connectivity index is 2.17. The van der Waals surface area contributed by atoms with Crippen LogP contribution in [0.2, 0.25) is 0 Å². The van der Waals surface area contributed by atoms with E-state index in [4.69, 9.17) is 4.74 Å². The molecule has 0 saturated heterocycles. The Morgan fingerprint density at radius 2 is 1.68 bits per heavy atom. The molecule has 0 spiro atoms. The van der Waals surface area contributed by atoms with Gasteiger partial charge < -0.3 is 15.0 Å². The van der Waals surface area contributed by atoms with Crippen LogP contribution in [0.5, 0.6) is 0 Å². The lowest BCUT2D eigenvalue weighted by molar-refractivity contribution is -0.150. The van der Waals surface area contributed by atoms with Crippen LogP contribution in [0.1, 0.15) is 76.6 Å². The van der Waals surface area contributed by atoms with Crippen LogP contribution in [-0.4, -0.2) is 40.6 Å². The molecule has 0 saturated carbocycles. The zero-order valence-electron chi connectivity index (χ0n) is 18.9. The van der Waals surface area contributed by atoms with E-state index in [0.717, 1.165) is 0 Å². The zero-order chi connectivity index (χ0) is 23.3. The zero-order valence-corrected chi connectivity index (χ0v) is 18.9. The molecule has 0 fully saturated rings. The van der Waals surface area contributed by atoms with E-state index in [0.29, 0.717) is 28.8 Å². The monoisotopic (exact) mass is 426 g/mol. The van der Waals surface area contributed by atoms with E-state index in [-0.39, 0.29) is 23.3 Å². The molecule has 2 rings (SSSR count). The highest BCUT2D eigenvalue weighted by molar-refractivity contribution is 6.05. The number of esters is 1. The number of aryl methyl sites for hydroxylation is 1. The van der Waals surface area contributed by atoms with E-state index < -0.39 is 23.9 Å². The summed E-state index contributed by atoms with van der Waals surface area (Å²) in [6, 6.07) is 7.69. The summed E-state index contributed by atoms with van der Waals surface area (Å²) in [6.07, 6.45) is -0.446. The fourth-order valence-electron chi connectivity index (χ4n) is 3.51. The van der Waals surface area contributed by atoms with Crippen molar-refractivity contribution in [1.82, 2.24) is 10.3 Å². The lowest BCUT2D eigenvalue weighted by atomic mass is 9.98. The minimum Gasteiger partial charge on any atom is -0.453 e. The minimum absolute atomic E-state index is 0.143. The van der Waals surface area contributed by atoms with E-state index in [1.165, 1.54) is 13.8 Å². The summed E-state index contributed by atoms with van der Waals surface area (Å²) in [7, 11) is 0. The number of nitrogens with one attached hydrogen (secondary N) is 2. The van der Waals surface area contributed by atoms with Crippen LogP contribution < -0.4 is 5.32 Å². The molecular formula is C24H30N2O5. The summed E-state index contributed by atoms with van der Waals surface area (Å²) >= 11 is 0. The summed E-state index contributed by atoms with van der Waals surface area (Å²) in [5.41, 5.74) is 2.28. The lowest BCUT2D eigenvalue weighted by Crippen LogP contribution is -2.47. The molecule has 3 atom stereocenters. The number of hydrogen-bond donors (Lipinski definition) is 2. The third-order valence-corrected chi connectivity index (χ3v) is 5.49. The first-order valence-corrected chi connectivity index (χ1v) is 10.4. The summed E-state index contributed by atoms with van der Waals surface area (Å²) in [4.78, 5) is 53.1. The van der Waals surface area contributed by atoms with E-state index in [2.05, 4.69) is 10.3 Å². The molecule has 2 aromatic rings. The molecule has 1 heterocycles. The fraction of sp³-hybridized carbons (Fsp3) is 0.417. The van der Waals surface area contributed by atoms with Crippen LogP contribution >= 0.6 is 0 Å². The van der Waals surface area contributed by atoms with E-state index in [9.17, 15) is 19.2 Å². The van der Waals surface area contributed by atoms with Crippen molar-refractivity contribution in [2.45, 2.75) is 60.1 Å². The molecule has 2 N–H and O–H groups in total. The third kappa shape index (κ3) is 5.48. The van der Waals surface area contributed by atoms with Crippen LogP contribution in [0, 0.1) is 19.8 Å². The van der Waals surface area contributed by atoms with Crippen molar-refractivity contribution in [2.24, 2.45) is 5.92 Å². The topological polar surface area (TPSA) is 105 Å². The molecule has 31 heavy (non-hydrogen) atoms. The molecule has 1 aromatic carbocycles. The van der Waals surface area contributed by atoms with Crippen LogP contribution in [-0.2, 0) is 9.53 Å². The van der Waals surface area contributed by atoms with E-state index in [1.807, 2.05) is 13.8 Å². The van der Waals surface area contributed by atoms with Gasteiger partial charge in [-0.1, -0.05) is 38.5 Å². The van der Waals surface area contributed by atoms with Gasteiger partial charge in [0.25, 0.3) is 5.91 Å². The molecule has 7 heteroatoms. The Bertz CT molecular complexity index is 977. The van der Waals surface area contributed by atoms with Gasteiger partial charge in [0.2, 0.25) is 5.78 Å². The Kier molecular flexibility index (Phi) is 7.91. The smallest absolute Gasteiger partial charge is 0.329 e. The summed E-state index contributed by atoms with van der Waals surface area (Å²) in [6.45, 7) is 10.1. The first kappa shape index (κ1) is 24.1. The molecule has 1 amide bonds. The second-order valence-electron chi connectivity index (χ2n) is 7.83. The van der Waals surface area contributed by atoms with Gasteiger partial charge in [-0.15, -0.1) is 0 Å². The molecule has 0 radical (unpaired) electrons. The standard InChI is InChI=1S/C24H30N2O5/c1-7-13(2)20(26-23(29)18-11-9-8-10-12-18)24(30)31-17(6)22(28)21-14(3)19(16(5)27)15(4)25-21/h8-13,17,20,25H,7H2,1-6H3,(H,26,29)/t13-,17+,20-/m0/s1. The molecule has 0 unspecified atom stereocenters. The van der Waals surface area contributed by atoms with Gasteiger partial charge >= 0.3 is 5.97 Å². The maximum absolute atomic E-state index is 12.9. The maximum atomic E-state index is 12.9. The van der Waals surface area contributed by atoms with Crippen molar-refractivity contribution >= 4 is 23.4 Å². The molecule has 166 valence electrons. The Morgan fingerprint density at radius 1 is 1.06 bits per heavy atom. The van der Waals surface area contributed by atoms with Crippen LogP contribution in [0.15, 0.2) is 30.3 Å². The number of rotatable bonds is 9. The van der Waals surface area contributed by atoms with Gasteiger partial charge in [-0.3, -0.25) is 14.4 Å². The van der Waals surface area contributed by atoms with Gasteiger partial charge in [0, 0.05) is 16.8 Å². The van der Waals surface area contributed by atoms with Crippen molar-refractivity contribution < 1.29 is 23.9 Å². The first-order chi connectivity index (χ1) is 14.6. The highest BCUT2D eigenvalue weighted by atomic mass is 16.5. The van der Waals surface area contributed by atoms with Crippen molar-refractivity contribution in [3.8, 4) is 0 Å². The number of amides is 1. The van der Waals surface area contributed by atoms with Gasteiger partial charge in [0.05, 0.1) is 5.69 Å². The molecule has 0 aliphatic rings. The molecule has 7 nitrogen and oxygen atoms in total. The Labute approximate surface area is 182 Å². The largest absolute Gasteiger partial charge is 0.453 e. The molecular weight excluding hydrogens is 396 g/mol. The van der Waals surface area contributed by atoms with Crippen LogP contribution in [0.25, 0.3) is 0 Å². The van der Waals surface area contributed by atoms with Gasteiger partial charge in [-0.05, 0) is 51.3 Å². The number of carbonyl (C=O) groups is 4. The number of H-pyrrole nitrogens is 1. The number of ether oxygens (including phenoxy) is 1. The predicted octanol–water partition coefficient (Wildman–Crippen LogP) is 3.79. The quantitative estimate of drug-likeness (QED) is 0.469. The number of aromatic nitrogens is 1. The van der Waals surface area contributed by atoms with Gasteiger partial charge in [0.15, 0.2) is 11.9 Å². The molecule has 1 aromatic heterocycles. The Morgan fingerprint density at radius 3 is 2.19 bits per heavy atom. The second-order valence-corrected chi connectivity index (χ2v) is 7.83. The second kappa shape index (κ2) is 10.2. The lowest BCUT2D eigenvalue weighted by Gasteiger charge is -2.24. The average Bonchev–Trinajstić information content (AvgIpc) is 3.04. The van der Waals surface area contributed by atoms with E-state index >= 15 is 0 Å². The van der Waals surface area contributed by atoms with Crippen LogP contribution in [0.3, 0.4) is 0 Å². The summed E-state index contributed by atoms with van der Waals surface area (Å²) in [5.74, 6) is -1.83. The number of Topliss-reactive ketones (excluding diaryl/α,β-unsaturated/α-hetero) is 2. The van der Waals surface area contributed by atoms with Crippen molar-refractivity contribution in [3.63, 3.8) is 0 Å². The normalized spacial score (nSPS) is 13.7. The SMILES string of the molecule is CC[C@H](C)[C@H](NC(=O)c1ccccc1)C(=O)O[C@H](C)C(=O)c1[nH]c(C)c(C(C)=O)c1C. The third-order valence-electron chi connectivity index (χ3n) is 5.49. The summed E-state index contributed by atoms with van der Waals surface area (Å²) in [5, 5.41) is 2.73. The van der Waals surface area contributed by atoms with Crippen molar-refractivity contribution in [1.29, 1.82) is 0 Å². The van der Waals surface area contributed by atoms with Crippen LogP contribution in [0.4, 0.5) is 0 Å². The highest BCUT2D eigenvalue weighted by Crippen LogP contribution is 2.21. The summed E-state index contributed by atoms with van der Waals surface area (Å²) < 4.78 is 5.44. The van der Waals surface area contributed by atoms with Crippen molar-refractivity contribution in [2.75, 3.05) is 0 Å². The maximum Gasteiger partial charge on any atom is 0.329 e. The number of ketones is 2. The number of aromatic amines is 1. The van der Waals surface area contributed by atoms with Gasteiger partial charge in [0.1, 0.15) is 6.04 Å². The fourth-order valence-corrected chi connectivity index (χ4v) is 3.51. The van der Waals surface area contributed by atoms with Gasteiger partial charge in [-0.25, -0.2) is 4.79 Å². The molecule has 0 aliphatic heterocycles. The molecule has 0 aliphatic carbocycles. The molecule has 0 bridgehead atoms. The highest BCUT2D eigenvalue weighted by Gasteiger charge is 2.32.